The predicted octanol–water partition coefficient (Wildman–Crippen LogP) is 3.12. The van der Waals surface area contributed by atoms with E-state index in [0.717, 1.165) is 16.9 Å². The molecule has 0 saturated carbocycles. The van der Waals surface area contributed by atoms with Crippen molar-refractivity contribution in [1.82, 2.24) is 9.97 Å². The number of nitrogen functional groups attached to an aromatic ring is 1. The van der Waals surface area contributed by atoms with E-state index >= 15 is 0 Å². The second-order valence-electron chi connectivity index (χ2n) is 3.75. The molecule has 1 heterocycles. The van der Waals surface area contributed by atoms with Crippen LogP contribution in [0.4, 0.5) is 5.69 Å². The van der Waals surface area contributed by atoms with Gasteiger partial charge in [-0.1, -0.05) is 11.6 Å². The first-order chi connectivity index (χ1) is 8.08. The minimum atomic E-state index is 0.355. The monoisotopic (exact) mass is 249 g/mol. The van der Waals surface area contributed by atoms with Crippen LogP contribution >= 0.6 is 11.6 Å². The molecule has 2 N–H and O–H groups in total. The summed E-state index contributed by atoms with van der Waals surface area (Å²) in [6.45, 7) is 3.84. The second kappa shape index (κ2) is 4.59. The lowest BCUT2D eigenvalue weighted by Gasteiger charge is -2.12. The smallest absolute Gasteiger partial charge is 0.245 e. The molecule has 1 aromatic carbocycles. The number of benzene rings is 1. The zero-order chi connectivity index (χ0) is 12.4. The van der Waals surface area contributed by atoms with Crippen molar-refractivity contribution >= 4 is 17.3 Å². The lowest BCUT2D eigenvalue weighted by molar-refractivity contribution is 0.457. The van der Waals surface area contributed by atoms with Crippen molar-refractivity contribution in [3.05, 3.63) is 40.8 Å². The first-order valence-electron chi connectivity index (χ1n) is 5.08. The van der Waals surface area contributed by atoms with Crippen LogP contribution in [0.3, 0.4) is 0 Å². The van der Waals surface area contributed by atoms with E-state index < -0.39 is 0 Å². The molecular formula is C12H12ClN3O. The van der Waals surface area contributed by atoms with E-state index in [9.17, 15) is 0 Å². The van der Waals surface area contributed by atoms with E-state index in [0.29, 0.717) is 16.6 Å². The Hall–Kier alpha value is -1.81. The van der Waals surface area contributed by atoms with Gasteiger partial charge in [-0.05, 0) is 37.1 Å². The van der Waals surface area contributed by atoms with Gasteiger partial charge in [-0.25, -0.2) is 4.98 Å². The quantitative estimate of drug-likeness (QED) is 0.888. The Balaban J connectivity index is 2.40. The molecule has 17 heavy (non-hydrogen) atoms. The Labute approximate surface area is 104 Å². The second-order valence-corrected chi connectivity index (χ2v) is 4.19. The van der Waals surface area contributed by atoms with Crippen molar-refractivity contribution in [2.45, 2.75) is 13.8 Å². The van der Waals surface area contributed by atoms with Gasteiger partial charge in [0.1, 0.15) is 17.8 Å². The lowest BCUT2D eigenvalue weighted by atomic mass is 10.1. The van der Waals surface area contributed by atoms with E-state index in [-0.39, 0.29) is 0 Å². The third kappa shape index (κ3) is 2.47. The van der Waals surface area contributed by atoms with Crippen LogP contribution in [0.1, 0.15) is 11.1 Å². The highest BCUT2D eigenvalue weighted by molar-refractivity contribution is 6.30. The van der Waals surface area contributed by atoms with E-state index in [1.165, 1.54) is 12.5 Å². The van der Waals surface area contributed by atoms with Crippen LogP contribution in [0.2, 0.25) is 5.02 Å². The zero-order valence-electron chi connectivity index (χ0n) is 9.57. The first kappa shape index (κ1) is 11.7. The summed E-state index contributed by atoms with van der Waals surface area (Å²) in [6, 6.07) is 3.67. The van der Waals surface area contributed by atoms with Gasteiger partial charge in [0.2, 0.25) is 5.88 Å². The number of anilines is 1. The maximum atomic E-state index is 5.95. The highest BCUT2D eigenvalue weighted by Gasteiger charge is 2.09. The van der Waals surface area contributed by atoms with E-state index in [1.807, 2.05) is 26.0 Å². The SMILES string of the molecule is Cc1cc(Cl)cc(C)c1Oc1ncncc1N. The van der Waals surface area contributed by atoms with Crippen LogP contribution in [0, 0.1) is 13.8 Å². The van der Waals surface area contributed by atoms with Gasteiger partial charge in [-0.3, -0.25) is 0 Å². The Morgan fingerprint density at radius 1 is 1.24 bits per heavy atom. The number of halogens is 1. The van der Waals surface area contributed by atoms with Crippen LogP contribution in [0.5, 0.6) is 11.6 Å². The van der Waals surface area contributed by atoms with Crippen molar-refractivity contribution in [2.75, 3.05) is 5.73 Å². The number of aryl methyl sites for hydroxylation is 2. The maximum absolute atomic E-state index is 5.95. The molecule has 1 aromatic heterocycles. The van der Waals surface area contributed by atoms with Crippen molar-refractivity contribution < 1.29 is 4.74 Å². The number of hydrogen-bond acceptors (Lipinski definition) is 4. The molecule has 0 bridgehead atoms. The van der Waals surface area contributed by atoms with Crippen LogP contribution in [0.25, 0.3) is 0 Å². The standard InChI is InChI=1S/C12H12ClN3O/c1-7-3-9(13)4-8(2)11(7)17-12-10(14)5-15-6-16-12/h3-6H,14H2,1-2H3. The fourth-order valence-electron chi connectivity index (χ4n) is 1.57. The van der Waals surface area contributed by atoms with Gasteiger partial charge in [-0.2, -0.15) is 4.98 Å². The van der Waals surface area contributed by atoms with E-state index in [1.54, 1.807) is 0 Å². The molecule has 0 saturated heterocycles. The summed E-state index contributed by atoms with van der Waals surface area (Å²) in [5.74, 6) is 1.08. The van der Waals surface area contributed by atoms with Crippen molar-refractivity contribution in [3.8, 4) is 11.6 Å². The van der Waals surface area contributed by atoms with Gasteiger partial charge in [0.15, 0.2) is 0 Å². The molecule has 88 valence electrons. The fraction of sp³-hybridized carbons (Fsp3) is 0.167. The Morgan fingerprint density at radius 2 is 1.88 bits per heavy atom. The van der Waals surface area contributed by atoms with Gasteiger partial charge in [0, 0.05) is 5.02 Å². The molecule has 0 spiro atoms. The molecule has 0 amide bonds. The van der Waals surface area contributed by atoms with Gasteiger partial charge in [0.25, 0.3) is 0 Å². The molecule has 4 nitrogen and oxygen atoms in total. The minimum Gasteiger partial charge on any atom is -0.436 e. The molecule has 0 aliphatic heterocycles. The highest BCUT2D eigenvalue weighted by atomic mass is 35.5. The molecule has 0 radical (unpaired) electrons. The van der Waals surface area contributed by atoms with Gasteiger partial charge in [-0.15, -0.1) is 0 Å². The molecule has 2 aromatic rings. The highest BCUT2D eigenvalue weighted by Crippen LogP contribution is 2.32. The minimum absolute atomic E-state index is 0.355. The van der Waals surface area contributed by atoms with Crippen LogP contribution < -0.4 is 10.5 Å². The molecule has 0 unspecified atom stereocenters. The number of aromatic nitrogens is 2. The normalized spacial score (nSPS) is 10.3. The summed E-state index contributed by atoms with van der Waals surface area (Å²) in [6.07, 6.45) is 2.90. The van der Waals surface area contributed by atoms with Crippen LogP contribution in [0.15, 0.2) is 24.7 Å². The molecule has 2 rings (SSSR count). The topological polar surface area (TPSA) is 61.0 Å². The van der Waals surface area contributed by atoms with Crippen LogP contribution in [-0.2, 0) is 0 Å². The summed E-state index contributed by atoms with van der Waals surface area (Å²) < 4.78 is 5.69. The predicted molar refractivity (Wildman–Crippen MR) is 67.4 cm³/mol. The van der Waals surface area contributed by atoms with Crippen molar-refractivity contribution in [2.24, 2.45) is 0 Å². The number of nitrogens with two attached hydrogens (primary N) is 1. The third-order valence-corrected chi connectivity index (χ3v) is 2.54. The Bertz CT molecular complexity index is 534. The average molecular weight is 250 g/mol. The molecule has 0 aliphatic rings. The first-order valence-corrected chi connectivity index (χ1v) is 5.46. The molecule has 0 atom stereocenters. The number of ether oxygens (including phenoxy) is 1. The number of rotatable bonds is 2. The number of hydrogen-bond donors (Lipinski definition) is 1. The summed E-state index contributed by atoms with van der Waals surface area (Å²) in [5.41, 5.74) is 8.00. The van der Waals surface area contributed by atoms with Crippen LogP contribution in [-0.4, -0.2) is 9.97 Å². The fourth-order valence-corrected chi connectivity index (χ4v) is 1.90. The van der Waals surface area contributed by atoms with Crippen molar-refractivity contribution in [3.63, 3.8) is 0 Å². The third-order valence-electron chi connectivity index (χ3n) is 2.33. The van der Waals surface area contributed by atoms with Gasteiger partial charge in [0.05, 0.1) is 6.20 Å². The molecular weight excluding hydrogens is 238 g/mol. The lowest BCUT2D eigenvalue weighted by Crippen LogP contribution is -1.98. The zero-order valence-corrected chi connectivity index (χ0v) is 10.3. The largest absolute Gasteiger partial charge is 0.436 e. The number of nitrogens with zero attached hydrogens (tertiary/aromatic N) is 2. The van der Waals surface area contributed by atoms with Gasteiger partial charge >= 0.3 is 0 Å². The molecule has 0 aliphatic carbocycles. The van der Waals surface area contributed by atoms with E-state index in [2.05, 4.69) is 9.97 Å². The van der Waals surface area contributed by atoms with Crippen molar-refractivity contribution in [1.29, 1.82) is 0 Å². The Kier molecular flexibility index (Phi) is 3.15. The summed E-state index contributed by atoms with van der Waals surface area (Å²) in [7, 11) is 0. The molecule has 5 heteroatoms. The summed E-state index contributed by atoms with van der Waals surface area (Å²) in [5, 5.41) is 0.683. The summed E-state index contributed by atoms with van der Waals surface area (Å²) >= 11 is 5.95. The van der Waals surface area contributed by atoms with E-state index in [4.69, 9.17) is 22.1 Å². The maximum Gasteiger partial charge on any atom is 0.245 e. The summed E-state index contributed by atoms with van der Waals surface area (Å²) in [4.78, 5) is 7.80. The molecule has 0 fully saturated rings. The van der Waals surface area contributed by atoms with Gasteiger partial charge < -0.3 is 10.5 Å². The average Bonchev–Trinajstić information content (AvgIpc) is 2.25. The Morgan fingerprint density at radius 3 is 2.47 bits per heavy atom.